The third-order valence-electron chi connectivity index (χ3n) is 4.04. The number of aryl methyl sites for hydroxylation is 3. The SMILES string of the molecule is COc1ccnc(NNC(=O)c2cc(C)ccc2-n2c(C)ccc2C)n1. The number of ether oxygens (including phenoxy) is 1. The number of methoxy groups -OCH3 is 1. The van der Waals surface area contributed by atoms with Crippen molar-refractivity contribution in [3.05, 3.63) is 65.1 Å². The van der Waals surface area contributed by atoms with Crippen molar-refractivity contribution in [3.8, 4) is 11.6 Å². The first kappa shape index (κ1) is 17.5. The Labute approximate surface area is 152 Å². The van der Waals surface area contributed by atoms with Crippen LogP contribution < -0.4 is 15.6 Å². The largest absolute Gasteiger partial charge is 0.481 e. The molecule has 3 rings (SSSR count). The van der Waals surface area contributed by atoms with Crippen LogP contribution in [0.5, 0.6) is 5.88 Å². The van der Waals surface area contributed by atoms with E-state index in [0.29, 0.717) is 11.4 Å². The van der Waals surface area contributed by atoms with Crippen LogP contribution in [0.3, 0.4) is 0 Å². The Hall–Kier alpha value is -3.35. The van der Waals surface area contributed by atoms with E-state index in [1.807, 2.05) is 51.1 Å². The van der Waals surface area contributed by atoms with Crippen LogP contribution in [0.1, 0.15) is 27.3 Å². The highest BCUT2D eigenvalue weighted by Crippen LogP contribution is 2.21. The number of carbonyl (C=O) groups is 1. The number of amides is 1. The van der Waals surface area contributed by atoms with Crippen molar-refractivity contribution in [1.82, 2.24) is 20.0 Å². The average molecular weight is 351 g/mol. The highest BCUT2D eigenvalue weighted by molar-refractivity contribution is 5.98. The number of nitrogens with zero attached hydrogens (tertiary/aromatic N) is 3. The topological polar surface area (TPSA) is 81.1 Å². The Kier molecular flexibility index (Phi) is 4.88. The smallest absolute Gasteiger partial charge is 0.271 e. The quantitative estimate of drug-likeness (QED) is 0.691. The van der Waals surface area contributed by atoms with Crippen LogP contribution in [0.25, 0.3) is 5.69 Å². The van der Waals surface area contributed by atoms with Gasteiger partial charge >= 0.3 is 0 Å². The normalized spacial score (nSPS) is 10.5. The molecule has 0 saturated carbocycles. The molecule has 7 heteroatoms. The van der Waals surface area contributed by atoms with Crippen molar-refractivity contribution >= 4 is 11.9 Å². The van der Waals surface area contributed by atoms with Crippen LogP contribution >= 0.6 is 0 Å². The van der Waals surface area contributed by atoms with Gasteiger partial charge in [0.15, 0.2) is 0 Å². The van der Waals surface area contributed by atoms with E-state index in [-0.39, 0.29) is 11.9 Å². The van der Waals surface area contributed by atoms with Gasteiger partial charge in [-0.1, -0.05) is 11.6 Å². The lowest BCUT2D eigenvalue weighted by molar-refractivity contribution is 0.0962. The molecule has 1 aromatic carbocycles. The first-order valence-corrected chi connectivity index (χ1v) is 8.19. The summed E-state index contributed by atoms with van der Waals surface area (Å²) in [6, 6.07) is 11.5. The number of nitrogens with one attached hydrogen (secondary N) is 2. The van der Waals surface area contributed by atoms with Gasteiger partial charge in [0.05, 0.1) is 18.4 Å². The highest BCUT2D eigenvalue weighted by atomic mass is 16.5. The highest BCUT2D eigenvalue weighted by Gasteiger charge is 2.16. The van der Waals surface area contributed by atoms with Gasteiger partial charge in [-0.05, 0) is 45.0 Å². The Morgan fingerprint density at radius 2 is 1.81 bits per heavy atom. The van der Waals surface area contributed by atoms with Crippen LogP contribution in [-0.4, -0.2) is 27.6 Å². The molecule has 0 radical (unpaired) electrons. The van der Waals surface area contributed by atoms with E-state index >= 15 is 0 Å². The second-order valence-electron chi connectivity index (χ2n) is 5.97. The van der Waals surface area contributed by atoms with E-state index in [2.05, 4.69) is 25.4 Å². The van der Waals surface area contributed by atoms with Gasteiger partial charge in [0.1, 0.15) is 0 Å². The minimum absolute atomic E-state index is 0.250. The van der Waals surface area contributed by atoms with Crippen LogP contribution in [-0.2, 0) is 0 Å². The summed E-state index contributed by atoms with van der Waals surface area (Å²) in [6.07, 6.45) is 1.55. The van der Waals surface area contributed by atoms with Crippen molar-refractivity contribution in [3.63, 3.8) is 0 Å². The van der Waals surface area contributed by atoms with Crippen LogP contribution in [0.15, 0.2) is 42.6 Å². The lowest BCUT2D eigenvalue weighted by Crippen LogP contribution is -2.31. The summed E-state index contributed by atoms with van der Waals surface area (Å²) in [4.78, 5) is 20.9. The molecule has 2 aromatic heterocycles. The molecule has 0 saturated heterocycles. The maximum absolute atomic E-state index is 12.8. The van der Waals surface area contributed by atoms with Crippen molar-refractivity contribution < 1.29 is 9.53 Å². The number of hydrazine groups is 1. The Morgan fingerprint density at radius 3 is 2.50 bits per heavy atom. The lowest BCUT2D eigenvalue weighted by Gasteiger charge is -2.16. The van der Waals surface area contributed by atoms with Crippen LogP contribution in [0.2, 0.25) is 0 Å². The van der Waals surface area contributed by atoms with E-state index in [1.165, 1.54) is 7.11 Å². The fourth-order valence-corrected chi connectivity index (χ4v) is 2.77. The maximum Gasteiger partial charge on any atom is 0.271 e. The van der Waals surface area contributed by atoms with Gasteiger partial charge in [-0.25, -0.2) is 4.98 Å². The van der Waals surface area contributed by atoms with E-state index in [9.17, 15) is 4.79 Å². The second-order valence-corrected chi connectivity index (χ2v) is 5.97. The number of carbonyl (C=O) groups excluding carboxylic acids is 1. The van der Waals surface area contributed by atoms with Crippen LogP contribution in [0.4, 0.5) is 5.95 Å². The van der Waals surface area contributed by atoms with Gasteiger partial charge < -0.3 is 9.30 Å². The number of rotatable bonds is 5. The molecule has 0 bridgehead atoms. The average Bonchev–Trinajstić information content (AvgIpc) is 2.98. The standard InChI is InChI=1S/C19H21N5O2/c1-12-5-8-16(24-13(2)6-7-14(24)3)15(11-12)18(25)22-23-19-20-10-9-17(21-19)26-4/h5-11H,1-4H3,(H,22,25)(H,20,21,23). The summed E-state index contributed by atoms with van der Waals surface area (Å²) in [7, 11) is 1.52. The first-order valence-electron chi connectivity index (χ1n) is 8.19. The molecule has 0 aliphatic rings. The lowest BCUT2D eigenvalue weighted by atomic mass is 10.1. The Bertz CT molecular complexity index is 929. The van der Waals surface area contributed by atoms with Gasteiger partial charge in [-0.2, -0.15) is 4.98 Å². The molecule has 1 amide bonds. The molecule has 134 valence electrons. The second kappa shape index (κ2) is 7.26. The number of benzene rings is 1. The minimum Gasteiger partial charge on any atom is -0.481 e. The molecule has 2 heterocycles. The van der Waals surface area contributed by atoms with Gasteiger partial charge in [-0.15, -0.1) is 0 Å². The zero-order valence-corrected chi connectivity index (χ0v) is 15.2. The van der Waals surface area contributed by atoms with E-state index in [0.717, 1.165) is 22.6 Å². The summed E-state index contributed by atoms with van der Waals surface area (Å²) < 4.78 is 7.10. The summed E-state index contributed by atoms with van der Waals surface area (Å²) in [6.45, 7) is 5.97. The molecular weight excluding hydrogens is 330 g/mol. The Balaban J connectivity index is 1.88. The third kappa shape index (κ3) is 3.51. The molecule has 7 nitrogen and oxygen atoms in total. The first-order chi connectivity index (χ1) is 12.5. The van der Waals surface area contributed by atoms with Gasteiger partial charge in [0, 0.05) is 23.7 Å². The van der Waals surface area contributed by atoms with Crippen molar-refractivity contribution in [1.29, 1.82) is 0 Å². The molecule has 3 aromatic rings. The fourth-order valence-electron chi connectivity index (χ4n) is 2.77. The predicted octanol–water partition coefficient (Wildman–Crippen LogP) is 2.96. The summed E-state index contributed by atoms with van der Waals surface area (Å²) in [5.41, 5.74) is 9.88. The van der Waals surface area contributed by atoms with Crippen molar-refractivity contribution in [2.24, 2.45) is 0 Å². The molecule has 0 aliphatic carbocycles. The summed E-state index contributed by atoms with van der Waals surface area (Å²) >= 11 is 0. The van der Waals surface area contributed by atoms with E-state index in [1.54, 1.807) is 12.3 Å². The Morgan fingerprint density at radius 1 is 1.08 bits per heavy atom. The number of anilines is 1. The molecule has 2 N–H and O–H groups in total. The van der Waals surface area contributed by atoms with Crippen molar-refractivity contribution in [2.75, 3.05) is 12.5 Å². The molecule has 26 heavy (non-hydrogen) atoms. The van der Waals surface area contributed by atoms with Crippen LogP contribution in [0, 0.1) is 20.8 Å². The number of hydrogen-bond acceptors (Lipinski definition) is 5. The molecule has 0 fully saturated rings. The monoisotopic (exact) mass is 351 g/mol. The van der Waals surface area contributed by atoms with Gasteiger partial charge in [0.25, 0.3) is 5.91 Å². The maximum atomic E-state index is 12.8. The third-order valence-corrected chi connectivity index (χ3v) is 4.04. The molecule has 0 aliphatic heterocycles. The van der Waals surface area contributed by atoms with Gasteiger partial charge in [0.2, 0.25) is 11.8 Å². The zero-order valence-electron chi connectivity index (χ0n) is 15.2. The fraction of sp³-hybridized carbons (Fsp3) is 0.211. The molecule has 0 atom stereocenters. The summed E-state index contributed by atoms with van der Waals surface area (Å²) in [5, 5.41) is 0. The molecular formula is C19H21N5O2. The number of aromatic nitrogens is 3. The molecule has 0 unspecified atom stereocenters. The summed E-state index contributed by atoms with van der Waals surface area (Å²) in [5.74, 6) is 0.384. The minimum atomic E-state index is -0.275. The van der Waals surface area contributed by atoms with E-state index < -0.39 is 0 Å². The predicted molar refractivity (Wildman–Crippen MR) is 99.7 cm³/mol. The number of hydrogen-bond donors (Lipinski definition) is 2. The molecule has 0 spiro atoms. The van der Waals surface area contributed by atoms with E-state index in [4.69, 9.17) is 4.74 Å². The zero-order chi connectivity index (χ0) is 18.7. The van der Waals surface area contributed by atoms with Crippen molar-refractivity contribution in [2.45, 2.75) is 20.8 Å². The van der Waals surface area contributed by atoms with Gasteiger partial charge in [-0.3, -0.25) is 15.6 Å².